The molecule has 1 heteroatoms. The highest BCUT2D eigenvalue weighted by molar-refractivity contribution is 5.31. The van der Waals surface area contributed by atoms with E-state index >= 15 is 0 Å². The molecule has 1 fully saturated rings. The number of benzene rings is 1. The van der Waals surface area contributed by atoms with Gasteiger partial charge in [0.05, 0.1) is 0 Å². The minimum Gasteiger partial charge on any atom is -0.307 e. The maximum absolute atomic E-state index is 3.70. The zero-order valence-electron chi connectivity index (χ0n) is 10.9. The summed E-state index contributed by atoms with van der Waals surface area (Å²) >= 11 is 0. The molecule has 0 radical (unpaired) electrons. The fourth-order valence-electron chi connectivity index (χ4n) is 2.26. The highest BCUT2D eigenvalue weighted by Gasteiger charge is 2.28. The Morgan fingerprint density at radius 3 is 2.38 bits per heavy atom. The fraction of sp³-hybridized carbons (Fsp3) is 0.600. The van der Waals surface area contributed by atoms with Gasteiger partial charge in [0, 0.05) is 12.1 Å². The molecule has 0 spiro atoms. The van der Waals surface area contributed by atoms with Gasteiger partial charge in [-0.15, -0.1) is 0 Å². The molecule has 0 aliphatic heterocycles. The Labute approximate surface area is 99.3 Å². The monoisotopic (exact) mass is 217 g/mol. The molecule has 0 bridgehead atoms. The molecular weight excluding hydrogens is 194 g/mol. The molecule has 1 nitrogen and oxygen atoms in total. The van der Waals surface area contributed by atoms with Gasteiger partial charge < -0.3 is 5.32 Å². The zero-order valence-corrected chi connectivity index (χ0v) is 10.9. The summed E-state index contributed by atoms with van der Waals surface area (Å²) in [6.45, 7) is 8.94. The van der Waals surface area contributed by atoms with Crippen LogP contribution in [0.15, 0.2) is 18.2 Å². The van der Waals surface area contributed by atoms with Crippen molar-refractivity contribution in [3.63, 3.8) is 0 Å². The predicted octanol–water partition coefficient (Wildman–Crippen LogP) is 3.75. The lowest BCUT2D eigenvalue weighted by molar-refractivity contribution is 0.441. The molecule has 1 aliphatic rings. The number of aryl methyl sites for hydroxylation is 2. The molecule has 2 atom stereocenters. The molecule has 2 rings (SSSR count). The Hall–Kier alpha value is -0.820. The van der Waals surface area contributed by atoms with Gasteiger partial charge in [0.1, 0.15) is 0 Å². The second-order valence-corrected chi connectivity index (χ2v) is 5.36. The van der Waals surface area contributed by atoms with Gasteiger partial charge in [-0.05, 0) is 63.1 Å². The van der Waals surface area contributed by atoms with Gasteiger partial charge >= 0.3 is 0 Å². The molecule has 0 heterocycles. The maximum atomic E-state index is 3.70. The standard InChI is InChI=1S/C15H23N/c1-10-5-6-15(9-11(10)2)13(4)16-12(3)14-7-8-14/h5-6,9,12-14,16H,7-8H2,1-4H3. The third kappa shape index (κ3) is 2.65. The van der Waals surface area contributed by atoms with E-state index in [1.807, 2.05) is 0 Å². The van der Waals surface area contributed by atoms with E-state index in [9.17, 15) is 0 Å². The van der Waals surface area contributed by atoms with Crippen molar-refractivity contribution in [1.82, 2.24) is 5.32 Å². The first-order chi connectivity index (χ1) is 7.58. The summed E-state index contributed by atoms with van der Waals surface area (Å²) in [7, 11) is 0. The van der Waals surface area contributed by atoms with Crippen molar-refractivity contribution >= 4 is 0 Å². The molecule has 88 valence electrons. The summed E-state index contributed by atoms with van der Waals surface area (Å²) in [6, 6.07) is 7.92. The summed E-state index contributed by atoms with van der Waals surface area (Å²) in [6.07, 6.45) is 2.82. The minimum absolute atomic E-state index is 0.467. The van der Waals surface area contributed by atoms with Crippen LogP contribution in [0, 0.1) is 19.8 Å². The number of nitrogens with one attached hydrogen (secondary N) is 1. The topological polar surface area (TPSA) is 12.0 Å². The minimum atomic E-state index is 0.467. The summed E-state index contributed by atoms with van der Waals surface area (Å²) in [5.74, 6) is 0.925. The number of rotatable bonds is 4. The van der Waals surface area contributed by atoms with Crippen molar-refractivity contribution in [3.05, 3.63) is 34.9 Å². The Bertz CT molecular complexity index is 366. The number of hydrogen-bond acceptors (Lipinski definition) is 1. The Morgan fingerprint density at radius 1 is 1.12 bits per heavy atom. The molecule has 0 saturated heterocycles. The van der Waals surface area contributed by atoms with Crippen LogP contribution in [-0.2, 0) is 0 Å². The molecule has 0 aromatic heterocycles. The third-order valence-corrected chi connectivity index (χ3v) is 3.87. The quantitative estimate of drug-likeness (QED) is 0.810. The molecule has 1 aliphatic carbocycles. The molecule has 1 aromatic rings. The van der Waals surface area contributed by atoms with Gasteiger partial charge in [0.25, 0.3) is 0 Å². The van der Waals surface area contributed by atoms with Crippen LogP contribution in [0.2, 0.25) is 0 Å². The summed E-state index contributed by atoms with van der Waals surface area (Å²) < 4.78 is 0. The highest BCUT2D eigenvalue weighted by Crippen LogP contribution is 2.33. The van der Waals surface area contributed by atoms with E-state index in [-0.39, 0.29) is 0 Å². The largest absolute Gasteiger partial charge is 0.307 e. The Morgan fingerprint density at radius 2 is 1.81 bits per heavy atom. The van der Waals surface area contributed by atoms with Crippen LogP contribution in [0.4, 0.5) is 0 Å². The van der Waals surface area contributed by atoms with E-state index < -0.39 is 0 Å². The molecule has 2 unspecified atom stereocenters. The van der Waals surface area contributed by atoms with Gasteiger partial charge in [-0.1, -0.05) is 18.2 Å². The molecule has 1 aromatic carbocycles. The average molecular weight is 217 g/mol. The van der Waals surface area contributed by atoms with Crippen molar-refractivity contribution in [1.29, 1.82) is 0 Å². The van der Waals surface area contributed by atoms with Gasteiger partial charge in [-0.3, -0.25) is 0 Å². The lowest BCUT2D eigenvalue weighted by Crippen LogP contribution is -2.30. The van der Waals surface area contributed by atoms with Crippen LogP contribution in [0.25, 0.3) is 0 Å². The van der Waals surface area contributed by atoms with E-state index in [1.54, 1.807) is 0 Å². The first kappa shape index (κ1) is 11.7. The van der Waals surface area contributed by atoms with E-state index in [2.05, 4.69) is 51.2 Å². The average Bonchev–Trinajstić information content (AvgIpc) is 3.05. The van der Waals surface area contributed by atoms with E-state index in [0.29, 0.717) is 12.1 Å². The molecular formula is C15H23N. The predicted molar refractivity (Wildman–Crippen MR) is 69.7 cm³/mol. The molecule has 1 N–H and O–H groups in total. The SMILES string of the molecule is Cc1ccc(C(C)NC(C)C2CC2)cc1C. The van der Waals surface area contributed by atoms with Crippen LogP contribution in [0.1, 0.15) is 49.4 Å². The fourth-order valence-corrected chi connectivity index (χ4v) is 2.26. The van der Waals surface area contributed by atoms with E-state index in [0.717, 1.165) is 5.92 Å². The molecule has 1 saturated carbocycles. The lowest BCUT2D eigenvalue weighted by atomic mass is 10.0. The van der Waals surface area contributed by atoms with Crippen LogP contribution in [0.3, 0.4) is 0 Å². The maximum Gasteiger partial charge on any atom is 0.0294 e. The van der Waals surface area contributed by atoms with E-state index in [1.165, 1.54) is 29.5 Å². The van der Waals surface area contributed by atoms with Gasteiger partial charge in [0.15, 0.2) is 0 Å². The van der Waals surface area contributed by atoms with Crippen LogP contribution < -0.4 is 5.32 Å². The van der Waals surface area contributed by atoms with Crippen LogP contribution in [0.5, 0.6) is 0 Å². The zero-order chi connectivity index (χ0) is 11.7. The second kappa shape index (κ2) is 4.58. The van der Waals surface area contributed by atoms with Gasteiger partial charge in [-0.25, -0.2) is 0 Å². The summed E-state index contributed by atoms with van der Waals surface area (Å²) in [5.41, 5.74) is 4.19. The molecule has 0 amide bonds. The lowest BCUT2D eigenvalue weighted by Gasteiger charge is -2.20. The van der Waals surface area contributed by atoms with Crippen molar-refractivity contribution in [2.45, 2.75) is 52.6 Å². The first-order valence-corrected chi connectivity index (χ1v) is 6.41. The van der Waals surface area contributed by atoms with Crippen molar-refractivity contribution in [2.75, 3.05) is 0 Å². The van der Waals surface area contributed by atoms with E-state index in [4.69, 9.17) is 0 Å². The van der Waals surface area contributed by atoms with Crippen molar-refractivity contribution in [3.8, 4) is 0 Å². The summed E-state index contributed by atoms with van der Waals surface area (Å²) in [4.78, 5) is 0. The van der Waals surface area contributed by atoms with Crippen molar-refractivity contribution < 1.29 is 0 Å². The molecule has 16 heavy (non-hydrogen) atoms. The Balaban J connectivity index is 2.01. The first-order valence-electron chi connectivity index (χ1n) is 6.41. The second-order valence-electron chi connectivity index (χ2n) is 5.36. The Kier molecular flexibility index (Phi) is 3.34. The normalized spacial score (nSPS) is 19.5. The van der Waals surface area contributed by atoms with Gasteiger partial charge in [-0.2, -0.15) is 0 Å². The number of hydrogen-bond donors (Lipinski definition) is 1. The van der Waals surface area contributed by atoms with Crippen LogP contribution in [-0.4, -0.2) is 6.04 Å². The van der Waals surface area contributed by atoms with Gasteiger partial charge in [0.2, 0.25) is 0 Å². The smallest absolute Gasteiger partial charge is 0.0294 e. The van der Waals surface area contributed by atoms with Crippen molar-refractivity contribution in [2.24, 2.45) is 5.92 Å². The van der Waals surface area contributed by atoms with Crippen LogP contribution >= 0.6 is 0 Å². The summed E-state index contributed by atoms with van der Waals surface area (Å²) in [5, 5.41) is 3.70. The third-order valence-electron chi connectivity index (χ3n) is 3.87. The highest BCUT2D eigenvalue weighted by atomic mass is 15.0.